The minimum Gasteiger partial charge on any atom is -0.502 e. The Hall–Kier alpha value is -4.10. The molecule has 1 atom stereocenters. The molecule has 180 valence electrons. The van der Waals surface area contributed by atoms with Crippen LogP contribution in [-0.2, 0) is 6.42 Å². The molecule has 1 aromatic heterocycles. The normalized spacial score (nSPS) is 16.6. The van der Waals surface area contributed by atoms with Crippen LogP contribution in [0, 0.1) is 0 Å². The quantitative estimate of drug-likeness (QED) is 0.463. The van der Waals surface area contributed by atoms with E-state index in [0.717, 1.165) is 29.7 Å². The van der Waals surface area contributed by atoms with E-state index < -0.39 is 0 Å². The fourth-order valence-corrected chi connectivity index (χ4v) is 6.11. The Kier molecular flexibility index (Phi) is 5.49. The van der Waals surface area contributed by atoms with Crippen LogP contribution >= 0.6 is 11.3 Å². The molecule has 1 aliphatic heterocycles. The first-order valence-corrected chi connectivity index (χ1v) is 12.5. The van der Waals surface area contributed by atoms with Crippen molar-refractivity contribution < 1.29 is 14.6 Å². The van der Waals surface area contributed by atoms with Crippen molar-refractivity contribution in [1.29, 1.82) is 0 Å². The van der Waals surface area contributed by atoms with Gasteiger partial charge in [0.05, 0.1) is 30.5 Å². The van der Waals surface area contributed by atoms with E-state index >= 15 is 0 Å². The summed E-state index contributed by atoms with van der Waals surface area (Å²) < 4.78 is 13.0. The van der Waals surface area contributed by atoms with Crippen LogP contribution in [0.5, 0.6) is 17.2 Å². The first-order chi connectivity index (χ1) is 17.6. The van der Waals surface area contributed by atoms with Gasteiger partial charge in [-0.15, -0.1) is 0 Å². The number of aryl methyl sites for hydroxylation is 1. The number of aromatic nitrogens is 1. The zero-order chi connectivity index (χ0) is 24.8. The molecule has 0 amide bonds. The van der Waals surface area contributed by atoms with Crippen LogP contribution in [0.4, 0.5) is 0 Å². The number of fused-ring (bicyclic) bond motifs is 3. The lowest BCUT2D eigenvalue weighted by molar-refractivity contribution is 0.340. The van der Waals surface area contributed by atoms with Gasteiger partial charge in [0, 0.05) is 5.56 Å². The van der Waals surface area contributed by atoms with Gasteiger partial charge in [-0.1, -0.05) is 65.9 Å². The molecule has 7 heteroatoms. The maximum atomic E-state index is 13.8. The van der Waals surface area contributed by atoms with Gasteiger partial charge in [0.1, 0.15) is 0 Å². The predicted octanol–water partition coefficient (Wildman–Crippen LogP) is 4.04. The van der Waals surface area contributed by atoms with Crippen LogP contribution in [0.15, 0.2) is 82.1 Å². The fraction of sp³-hybridized carbons (Fsp3) is 0.172. The average Bonchev–Trinajstić information content (AvgIpc) is 3.22. The van der Waals surface area contributed by atoms with Gasteiger partial charge in [0.15, 0.2) is 16.3 Å². The molecule has 2 aliphatic rings. The molecule has 0 radical (unpaired) electrons. The zero-order valence-corrected chi connectivity index (χ0v) is 20.7. The lowest BCUT2D eigenvalue weighted by atomic mass is 9.83. The smallest absolute Gasteiger partial charge is 0.271 e. The van der Waals surface area contributed by atoms with Gasteiger partial charge in [-0.05, 0) is 53.3 Å². The SMILES string of the molecule is COc1cc(C=c2sc3n(c2=O)[C@H](c2ccccc2)C2=C(N=3)c3ccccc3CC2)cc(OC)c1O. The monoisotopic (exact) mass is 496 g/mol. The first kappa shape index (κ1) is 22.4. The highest BCUT2D eigenvalue weighted by molar-refractivity contribution is 7.07. The third kappa shape index (κ3) is 3.55. The van der Waals surface area contributed by atoms with Crippen molar-refractivity contribution in [3.8, 4) is 17.2 Å². The molecular weight excluding hydrogens is 472 g/mol. The van der Waals surface area contributed by atoms with Crippen molar-refractivity contribution in [3.63, 3.8) is 0 Å². The van der Waals surface area contributed by atoms with Crippen LogP contribution in [-0.4, -0.2) is 23.9 Å². The number of aromatic hydroxyl groups is 1. The summed E-state index contributed by atoms with van der Waals surface area (Å²) in [6.07, 6.45) is 3.57. The van der Waals surface area contributed by atoms with Crippen molar-refractivity contribution in [2.24, 2.45) is 4.99 Å². The van der Waals surface area contributed by atoms with E-state index in [1.807, 2.05) is 28.8 Å². The molecule has 2 heterocycles. The van der Waals surface area contributed by atoms with E-state index in [9.17, 15) is 9.90 Å². The Morgan fingerprint density at radius 2 is 1.69 bits per heavy atom. The van der Waals surface area contributed by atoms with Crippen LogP contribution in [0.25, 0.3) is 11.8 Å². The average molecular weight is 497 g/mol. The van der Waals surface area contributed by atoms with E-state index in [-0.39, 0.29) is 28.8 Å². The minimum atomic E-state index is -0.211. The van der Waals surface area contributed by atoms with Gasteiger partial charge < -0.3 is 14.6 Å². The standard InChI is InChI=1S/C29H24N2O4S/c1-34-22-14-17(15-23(35-2)27(22)32)16-24-28(33)31-26(19-9-4-3-5-10-19)21-13-12-18-8-6-7-11-20(18)25(21)30-29(31)36-24/h3-11,14-16,26,32H,12-13H2,1-2H3/t26-/m1/s1. The molecule has 1 aliphatic carbocycles. The molecule has 36 heavy (non-hydrogen) atoms. The highest BCUT2D eigenvalue weighted by Crippen LogP contribution is 2.41. The first-order valence-electron chi connectivity index (χ1n) is 11.7. The largest absolute Gasteiger partial charge is 0.502 e. The third-order valence-electron chi connectivity index (χ3n) is 6.79. The van der Waals surface area contributed by atoms with Crippen LogP contribution in [0.2, 0.25) is 0 Å². The number of ether oxygens (including phenoxy) is 2. The van der Waals surface area contributed by atoms with Gasteiger partial charge in [-0.25, -0.2) is 4.99 Å². The zero-order valence-electron chi connectivity index (χ0n) is 19.9. The van der Waals surface area contributed by atoms with Crippen molar-refractivity contribution >= 4 is 23.1 Å². The Morgan fingerprint density at radius 3 is 2.42 bits per heavy atom. The molecule has 4 aromatic rings. The number of nitrogens with zero attached hydrogens (tertiary/aromatic N) is 2. The molecule has 6 rings (SSSR count). The van der Waals surface area contributed by atoms with E-state index in [1.54, 1.807) is 18.2 Å². The minimum absolute atomic E-state index is 0.0750. The van der Waals surface area contributed by atoms with Crippen molar-refractivity contribution in [3.05, 3.63) is 114 Å². The van der Waals surface area contributed by atoms with E-state index in [4.69, 9.17) is 14.5 Å². The second-order valence-corrected chi connectivity index (χ2v) is 9.81. The molecule has 0 saturated heterocycles. The molecule has 0 unspecified atom stereocenters. The molecule has 0 bridgehead atoms. The Labute approximate surface area is 211 Å². The Bertz CT molecular complexity index is 1670. The number of hydrogen-bond acceptors (Lipinski definition) is 6. The van der Waals surface area contributed by atoms with Gasteiger partial charge in [0.25, 0.3) is 5.56 Å². The number of methoxy groups -OCH3 is 2. The lowest BCUT2D eigenvalue weighted by Crippen LogP contribution is -2.38. The molecular formula is C29H24N2O4S. The number of thiazole rings is 1. The van der Waals surface area contributed by atoms with Gasteiger partial charge in [-0.3, -0.25) is 9.36 Å². The highest BCUT2D eigenvalue weighted by atomic mass is 32.1. The molecule has 3 aromatic carbocycles. The van der Waals surface area contributed by atoms with Gasteiger partial charge in [-0.2, -0.15) is 0 Å². The van der Waals surface area contributed by atoms with Crippen molar-refractivity contribution in [1.82, 2.24) is 4.57 Å². The maximum absolute atomic E-state index is 13.8. The molecule has 0 saturated carbocycles. The maximum Gasteiger partial charge on any atom is 0.271 e. The second kappa shape index (κ2) is 8.84. The molecule has 1 N–H and O–H groups in total. The summed E-state index contributed by atoms with van der Waals surface area (Å²) >= 11 is 1.37. The highest BCUT2D eigenvalue weighted by Gasteiger charge is 2.32. The van der Waals surface area contributed by atoms with Gasteiger partial charge >= 0.3 is 0 Å². The summed E-state index contributed by atoms with van der Waals surface area (Å²) in [6, 6.07) is 21.7. The third-order valence-corrected chi connectivity index (χ3v) is 7.77. The summed E-state index contributed by atoms with van der Waals surface area (Å²) in [4.78, 5) is 19.6. The van der Waals surface area contributed by atoms with Crippen LogP contribution in [0.1, 0.15) is 34.7 Å². The van der Waals surface area contributed by atoms with E-state index in [1.165, 1.54) is 36.7 Å². The fourth-order valence-electron chi connectivity index (χ4n) is 5.11. The number of allylic oxidation sites excluding steroid dienone is 1. The number of rotatable bonds is 4. The van der Waals surface area contributed by atoms with Crippen LogP contribution in [0.3, 0.4) is 0 Å². The number of benzene rings is 3. The summed E-state index contributed by atoms with van der Waals surface area (Å²) in [6.45, 7) is 0. The summed E-state index contributed by atoms with van der Waals surface area (Å²) in [7, 11) is 2.96. The summed E-state index contributed by atoms with van der Waals surface area (Å²) in [5, 5.41) is 10.3. The summed E-state index contributed by atoms with van der Waals surface area (Å²) in [5.74, 6) is 0.485. The summed E-state index contributed by atoms with van der Waals surface area (Å²) in [5.41, 5.74) is 6.25. The van der Waals surface area contributed by atoms with Crippen molar-refractivity contribution in [2.45, 2.75) is 18.9 Å². The molecule has 6 nitrogen and oxygen atoms in total. The van der Waals surface area contributed by atoms with Crippen molar-refractivity contribution in [2.75, 3.05) is 14.2 Å². The predicted molar refractivity (Wildman–Crippen MR) is 140 cm³/mol. The van der Waals surface area contributed by atoms with E-state index in [0.29, 0.717) is 14.9 Å². The number of hydrogen-bond donors (Lipinski definition) is 1. The lowest BCUT2D eigenvalue weighted by Gasteiger charge is -2.30. The van der Waals surface area contributed by atoms with E-state index in [2.05, 4.69) is 30.3 Å². The Morgan fingerprint density at radius 1 is 1.00 bits per heavy atom. The van der Waals surface area contributed by atoms with Gasteiger partial charge in [0.2, 0.25) is 5.75 Å². The van der Waals surface area contributed by atoms with Crippen LogP contribution < -0.4 is 24.4 Å². The topological polar surface area (TPSA) is 73.1 Å². The Balaban J connectivity index is 1.60. The molecule has 0 fully saturated rings. The number of phenols is 1. The second-order valence-electron chi connectivity index (χ2n) is 8.80. The molecule has 0 spiro atoms. The number of phenolic OH excluding ortho intramolecular Hbond substituents is 1.